The molecule has 1 atom stereocenters. The van der Waals surface area contributed by atoms with Crippen molar-refractivity contribution in [3.63, 3.8) is 0 Å². The number of amides is 2. The minimum absolute atomic E-state index is 0.0648. The molecule has 2 amide bonds. The Morgan fingerprint density at radius 2 is 1.76 bits per heavy atom. The molecule has 1 aromatic carbocycles. The summed E-state index contributed by atoms with van der Waals surface area (Å²) in [5, 5.41) is 8.16. The average Bonchev–Trinajstić information content (AvgIpc) is 2.61. The van der Waals surface area contributed by atoms with Crippen LogP contribution < -0.4 is 16.0 Å². The van der Waals surface area contributed by atoms with E-state index < -0.39 is 6.04 Å². The van der Waals surface area contributed by atoms with Gasteiger partial charge in [-0.2, -0.15) is 0 Å². The van der Waals surface area contributed by atoms with Gasteiger partial charge >= 0.3 is 0 Å². The fraction of sp³-hybridized carbons (Fsp3) is 0.400. The Bertz CT molecular complexity index is 541. The van der Waals surface area contributed by atoms with Gasteiger partial charge in [0.25, 0.3) is 0 Å². The van der Waals surface area contributed by atoms with E-state index in [9.17, 15) is 9.59 Å². The number of benzene rings is 1. The Labute approximate surface area is 151 Å². The molecule has 0 heterocycles. The molecule has 1 rings (SSSR count). The molecule has 5 nitrogen and oxygen atoms in total. The molecule has 1 unspecified atom stereocenters. The van der Waals surface area contributed by atoms with Gasteiger partial charge in [0.2, 0.25) is 11.8 Å². The first-order valence-electron chi connectivity index (χ1n) is 8.68. The number of carbonyl (C=O) groups excluding carboxylic acids is 2. The highest BCUT2D eigenvalue weighted by atomic mass is 16.2. The Kier molecular flexibility index (Phi) is 12.4. The van der Waals surface area contributed by atoms with Crippen molar-refractivity contribution in [2.45, 2.75) is 46.1 Å². The molecule has 0 radical (unpaired) electrons. The summed E-state index contributed by atoms with van der Waals surface area (Å²) in [6.07, 6.45) is 3.93. The predicted octanol–water partition coefficient (Wildman–Crippen LogP) is 3.21. The fourth-order valence-corrected chi connectivity index (χ4v) is 1.93. The van der Waals surface area contributed by atoms with Crippen LogP contribution in [0, 0.1) is 0 Å². The van der Waals surface area contributed by atoms with Gasteiger partial charge in [-0.3, -0.25) is 9.59 Å². The molecule has 3 N–H and O–H groups in total. The zero-order valence-electron chi connectivity index (χ0n) is 15.6. The first-order valence-corrected chi connectivity index (χ1v) is 8.68. The molecule has 0 aliphatic heterocycles. The average molecular weight is 345 g/mol. The molecule has 25 heavy (non-hydrogen) atoms. The monoisotopic (exact) mass is 345 g/mol. The van der Waals surface area contributed by atoms with Gasteiger partial charge < -0.3 is 16.0 Å². The van der Waals surface area contributed by atoms with Crippen molar-refractivity contribution in [2.24, 2.45) is 0 Å². The predicted molar refractivity (Wildman–Crippen MR) is 105 cm³/mol. The lowest BCUT2D eigenvalue weighted by atomic mass is 10.1. The smallest absolute Gasteiger partial charge is 0.246 e. The van der Waals surface area contributed by atoms with E-state index >= 15 is 0 Å². The van der Waals surface area contributed by atoms with E-state index in [-0.39, 0.29) is 18.4 Å². The zero-order chi connectivity index (χ0) is 19.1. The van der Waals surface area contributed by atoms with E-state index in [0.29, 0.717) is 12.1 Å². The van der Waals surface area contributed by atoms with Gasteiger partial charge in [-0.25, -0.2) is 0 Å². The highest BCUT2D eigenvalue weighted by Gasteiger charge is 2.18. The van der Waals surface area contributed by atoms with Crippen molar-refractivity contribution < 1.29 is 9.59 Å². The molecule has 0 spiro atoms. The topological polar surface area (TPSA) is 70.2 Å². The second-order valence-electron chi connectivity index (χ2n) is 5.53. The molecule has 1 aromatic rings. The van der Waals surface area contributed by atoms with Crippen molar-refractivity contribution in [1.82, 2.24) is 16.0 Å². The lowest BCUT2D eigenvalue weighted by Gasteiger charge is -2.17. The normalized spacial score (nSPS) is 10.5. The molecule has 0 aliphatic carbocycles. The van der Waals surface area contributed by atoms with Crippen molar-refractivity contribution in [2.75, 3.05) is 6.54 Å². The summed E-state index contributed by atoms with van der Waals surface area (Å²) >= 11 is 0. The summed E-state index contributed by atoms with van der Waals surface area (Å²) in [6.45, 7) is 13.6. The lowest BCUT2D eigenvalue weighted by Crippen LogP contribution is -2.47. The van der Waals surface area contributed by atoms with E-state index in [0.717, 1.165) is 12.0 Å². The Morgan fingerprint density at radius 3 is 2.28 bits per heavy atom. The minimum Gasteiger partial charge on any atom is -0.376 e. The molecule has 5 heteroatoms. The van der Waals surface area contributed by atoms with Gasteiger partial charge in [0.05, 0.1) is 6.54 Å². The third kappa shape index (κ3) is 10.0. The summed E-state index contributed by atoms with van der Waals surface area (Å²) in [4.78, 5) is 23.7. The van der Waals surface area contributed by atoms with Gasteiger partial charge in [-0.15, -0.1) is 0 Å². The first kappa shape index (κ1) is 22.4. The van der Waals surface area contributed by atoms with Gasteiger partial charge in [0.1, 0.15) is 6.04 Å². The molecule has 138 valence electrons. The van der Waals surface area contributed by atoms with E-state index in [4.69, 9.17) is 0 Å². The highest BCUT2D eigenvalue weighted by Crippen LogP contribution is 2.07. The van der Waals surface area contributed by atoms with Crippen LogP contribution in [-0.2, 0) is 9.59 Å². The van der Waals surface area contributed by atoms with E-state index in [2.05, 4.69) is 43.0 Å². The van der Waals surface area contributed by atoms with Gasteiger partial charge in [0.15, 0.2) is 0 Å². The van der Waals surface area contributed by atoms with Crippen molar-refractivity contribution in [3.8, 4) is 0 Å². The van der Waals surface area contributed by atoms with E-state index in [1.165, 1.54) is 12.6 Å². The third-order valence-corrected chi connectivity index (χ3v) is 3.06. The molecular formula is C20H31N3O2. The maximum absolute atomic E-state index is 12.0. The van der Waals surface area contributed by atoms with Crippen LogP contribution in [0.15, 0.2) is 49.7 Å². The number of carbonyl (C=O) groups is 2. The largest absolute Gasteiger partial charge is 0.376 e. The van der Waals surface area contributed by atoms with Crippen molar-refractivity contribution in [3.05, 3.63) is 55.3 Å². The van der Waals surface area contributed by atoms with E-state index in [1.807, 2.05) is 37.3 Å². The quantitative estimate of drug-likeness (QED) is 0.644. The van der Waals surface area contributed by atoms with Gasteiger partial charge in [-0.05, 0) is 18.2 Å². The molecule has 0 saturated heterocycles. The van der Waals surface area contributed by atoms with E-state index in [1.54, 1.807) is 0 Å². The summed E-state index contributed by atoms with van der Waals surface area (Å²) in [5.41, 5.74) is 1.59. The number of nitrogens with one attached hydrogen (secondary N) is 3. The Balaban J connectivity index is 0.00000178. The fourth-order valence-electron chi connectivity index (χ4n) is 1.93. The summed E-state index contributed by atoms with van der Waals surface area (Å²) in [7, 11) is 0. The highest BCUT2D eigenvalue weighted by molar-refractivity contribution is 5.89. The first-order chi connectivity index (χ1) is 12.0. The SMILES string of the molecule is C=CNC(=O)C(CCC)NC(=O)CNC(=C)c1ccccc1.CCC. The van der Waals surface area contributed by atoms with Crippen molar-refractivity contribution >= 4 is 17.5 Å². The Morgan fingerprint density at radius 1 is 1.16 bits per heavy atom. The summed E-state index contributed by atoms with van der Waals surface area (Å²) in [5.74, 6) is -0.512. The van der Waals surface area contributed by atoms with Crippen LogP contribution in [0.1, 0.15) is 45.6 Å². The van der Waals surface area contributed by atoms with Gasteiger partial charge in [0, 0.05) is 5.70 Å². The second kappa shape index (κ2) is 13.8. The molecule has 0 aromatic heterocycles. The summed E-state index contributed by atoms with van der Waals surface area (Å²) < 4.78 is 0. The lowest BCUT2D eigenvalue weighted by molar-refractivity contribution is -0.128. The van der Waals surface area contributed by atoms with Crippen LogP contribution in [0.25, 0.3) is 5.70 Å². The molecule has 0 bridgehead atoms. The maximum atomic E-state index is 12.0. The summed E-state index contributed by atoms with van der Waals surface area (Å²) in [6, 6.07) is 8.98. The molecule has 0 fully saturated rings. The van der Waals surface area contributed by atoms with Crippen LogP contribution in [-0.4, -0.2) is 24.4 Å². The zero-order valence-corrected chi connectivity index (χ0v) is 15.6. The minimum atomic E-state index is -0.553. The van der Waals surface area contributed by atoms with Crippen LogP contribution in [0.2, 0.25) is 0 Å². The standard InChI is InChI=1S/C17H23N3O2.C3H8/c1-4-9-15(17(22)18-5-2)20-16(21)12-19-13(3)14-10-7-6-8-11-14;1-3-2/h5-8,10-11,15,19H,2-4,9,12H2,1H3,(H,18,22)(H,20,21);3H2,1-2H3. The second-order valence-corrected chi connectivity index (χ2v) is 5.53. The van der Waals surface area contributed by atoms with Crippen molar-refractivity contribution in [1.29, 1.82) is 0 Å². The molecular weight excluding hydrogens is 314 g/mol. The maximum Gasteiger partial charge on any atom is 0.246 e. The molecule has 0 aliphatic rings. The Hall–Kier alpha value is -2.56. The van der Waals surface area contributed by atoms with Crippen LogP contribution in [0.5, 0.6) is 0 Å². The van der Waals surface area contributed by atoms with Crippen LogP contribution in [0.4, 0.5) is 0 Å². The van der Waals surface area contributed by atoms with Crippen LogP contribution in [0.3, 0.4) is 0 Å². The molecule has 0 saturated carbocycles. The van der Waals surface area contributed by atoms with Gasteiger partial charge in [-0.1, -0.05) is 77.1 Å². The number of hydrogen-bond donors (Lipinski definition) is 3. The number of hydrogen-bond acceptors (Lipinski definition) is 3. The number of rotatable bonds is 9. The van der Waals surface area contributed by atoms with Crippen LogP contribution >= 0.6 is 0 Å². The third-order valence-electron chi connectivity index (χ3n) is 3.06.